The van der Waals surface area contributed by atoms with Crippen molar-refractivity contribution in [2.24, 2.45) is 0 Å². The van der Waals surface area contributed by atoms with Crippen LogP contribution in [0.4, 0.5) is 0 Å². The van der Waals surface area contributed by atoms with E-state index in [1.165, 1.54) is 18.5 Å². The first-order chi connectivity index (χ1) is 7.25. The molecule has 0 fully saturated rings. The van der Waals surface area contributed by atoms with E-state index in [1.54, 1.807) is 12.1 Å². The Morgan fingerprint density at radius 3 is 2.60 bits per heavy atom. The van der Waals surface area contributed by atoms with E-state index in [0.29, 0.717) is 11.5 Å². The second-order valence-corrected chi connectivity index (χ2v) is 3.02. The number of aromatic nitrogens is 1. The van der Waals surface area contributed by atoms with Crippen LogP contribution in [0.3, 0.4) is 0 Å². The molecule has 0 aliphatic rings. The van der Waals surface area contributed by atoms with Crippen LogP contribution < -0.4 is 10.1 Å². The molecule has 0 amide bonds. The number of pyridine rings is 1. The second-order valence-electron chi connectivity index (χ2n) is 3.02. The molecule has 0 saturated heterocycles. The number of nitrogens with zero attached hydrogens (tertiary/aromatic N) is 1. The molecular weight excluding hydrogens is 192 g/mol. The summed E-state index contributed by atoms with van der Waals surface area (Å²) in [6.45, 7) is 0. The maximum Gasteiger partial charge on any atom is 0.171 e. The maximum atomic E-state index is 9.17. The van der Waals surface area contributed by atoms with E-state index in [2.05, 4.69) is 0 Å². The van der Waals surface area contributed by atoms with Gasteiger partial charge in [0.1, 0.15) is 5.75 Å². The van der Waals surface area contributed by atoms with Gasteiger partial charge in [-0.25, -0.2) is 0 Å². The molecule has 0 radical (unpaired) electrons. The Morgan fingerprint density at radius 1 is 1.13 bits per heavy atom. The number of ether oxygens (including phenoxy) is 1. The van der Waals surface area contributed by atoms with Crippen LogP contribution >= 0.6 is 0 Å². The third kappa shape index (κ3) is 2.17. The van der Waals surface area contributed by atoms with E-state index in [0.717, 1.165) is 4.73 Å². The fraction of sp³-hybridized carbons (Fsp3) is 0. The normalized spacial score (nSPS) is 9.87. The third-order valence-corrected chi connectivity index (χ3v) is 1.88. The fourth-order valence-corrected chi connectivity index (χ4v) is 1.16. The molecule has 2 aromatic rings. The van der Waals surface area contributed by atoms with Gasteiger partial charge in [-0.1, -0.05) is 18.2 Å². The van der Waals surface area contributed by atoms with Gasteiger partial charge >= 0.3 is 0 Å². The van der Waals surface area contributed by atoms with Gasteiger partial charge in [-0.05, 0) is 18.2 Å². The van der Waals surface area contributed by atoms with Crippen molar-refractivity contribution in [3.8, 4) is 11.5 Å². The molecule has 15 heavy (non-hydrogen) atoms. The van der Waals surface area contributed by atoms with Crippen molar-refractivity contribution < 1.29 is 9.94 Å². The summed E-state index contributed by atoms with van der Waals surface area (Å²) in [5, 5.41) is 17.0. The molecule has 0 saturated carbocycles. The van der Waals surface area contributed by atoms with E-state index in [1.807, 2.05) is 18.2 Å². The lowest BCUT2D eigenvalue weighted by atomic mass is 10.3. The van der Waals surface area contributed by atoms with Crippen LogP contribution in [0.5, 0.6) is 11.5 Å². The largest absolute Gasteiger partial charge is 0.453 e. The minimum atomic E-state index is 0.226. The minimum absolute atomic E-state index is 0.226. The van der Waals surface area contributed by atoms with Gasteiger partial charge in [-0.3, -0.25) is 5.41 Å². The molecule has 76 valence electrons. The van der Waals surface area contributed by atoms with E-state index in [9.17, 15) is 0 Å². The zero-order valence-electron chi connectivity index (χ0n) is 7.92. The quantitative estimate of drug-likeness (QED) is 0.732. The second kappa shape index (κ2) is 3.88. The summed E-state index contributed by atoms with van der Waals surface area (Å²) in [7, 11) is 0. The highest BCUT2D eigenvalue weighted by atomic mass is 16.5. The number of benzene rings is 1. The van der Waals surface area contributed by atoms with Gasteiger partial charge in [0.15, 0.2) is 5.75 Å². The lowest BCUT2D eigenvalue weighted by Gasteiger charge is -2.06. The van der Waals surface area contributed by atoms with Gasteiger partial charge in [0.25, 0.3) is 0 Å². The monoisotopic (exact) mass is 202 g/mol. The summed E-state index contributed by atoms with van der Waals surface area (Å²) >= 11 is 0. The van der Waals surface area contributed by atoms with Crippen molar-refractivity contribution in [1.29, 1.82) is 5.41 Å². The average Bonchev–Trinajstić information content (AvgIpc) is 2.25. The van der Waals surface area contributed by atoms with Gasteiger partial charge in [0, 0.05) is 6.20 Å². The molecule has 0 aliphatic heterocycles. The number of para-hydroxylation sites is 1. The molecule has 1 heterocycles. The van der Waals surface area contributed by atoms with Gasteiger partial charge < -0.3 is 9.94 Å². The molecule has 0 aliphatic carbocycles. The molecule has 0 bridgehead atoms. The molecule has 1 aromatic heterocycles. The van der Waals surface area contributed by atoms with Crippen LogP contribution in [-0.4, -0.2) is 9.94 Å². The summed E-state index contributed by atoms with van der Waals surface area (Å²) in [5.41, 5.74) is 0. The van der Waals surface area contributed by atoms with Crippen molar-refractivity contribution in [3.63, 3.8) is 0 Å². The van der Waals surface area contributed by atoms with Crippen molar-refractivity contribution in [3.05, 3.63) is 54.1 Å². The minimum Gasteiger partial charge on any atom is -0.453 e. The van der Waals surface area contributed by atoms with Crippen LogP contribution in [0.25, 0.3) is 0 Å². The Morgan fingerprint density at radius 2 is 1.87 bits per heavy atom. The highest BCUT2D eigenvalue weighted by Gasteiger charge is 1.99. The molecule has 1 aromatic carbocycles. The van der Waals surface area contributed by atoms with Gasteiger partial charge in [0.2, 0.25) is 0 Å². The highest BCUT2D eigenvalue weighted by molar-refractivity contribution is 5.28. The fourth-order valence-electron chi connectivity index (χ4n) is 1.16. The molecule has 0 unspecified atom stereocenters. The zero-order valence-corrected chi connectivity index (χ0v) is 7.92. The molecular formula is C11H10N2O2. The van der Waals surface area contributed by atoms with E-state index in [-0.39, 0.29) is 5.36 Å². The van der Waals surface area contributed by atoms with Gasteiger partial charge in [-0.2, -0.15) is 4.73 Å². The lowest BCUT2D eigenvalue weighted by molar-refractivity contribution is 0.181. The Kier molecular flexibility index (Phi) is 2.41. The summed E-state index contributed by atoms with van der Waals surface area (Å²) in [4.78, 5) is 0. The standard InChI is InChI=1S/C11H10N2O2/c12-10-6-7-13(14)8-11(10)15-9-4-2-1-3-5-9/h1-8,12,14H. The topological polar surface area (TPSA) is 58.2 Å². The maximum absolute atomic E-state index is 9.17. The first kappa shape index (κ1) is 9.33. The van der Waals surface area contributed by atoms with Crippen LogP contribution in [-0.2, 0) is 0 Å². The molecule has 0 atom stereocenters. The van der Waals surface area contributed by atoms with Crippen molar-refractivity contribution >= 4 is 0 Å². The third-order valence-electron chi connectivity index (χ3n) is 1.88. The average molecular weight is 202 g/mol. The van der Waals surface area contributed by atoms with Gasteiger partial charge in [0.05, 0.1) is 11.6 Å². The smallest absolute Gasteiger partial charge is 0.171 e. The number of hydrogen-bond acceptors (Lipinski definition) is 3. The summed E-state index contributed by atoms with van der Waals surface area (Å²) in [6.07, 6.45) is 2.72. The van der Waals surface area contributed by atoms with Crippen molar-refractivity contribution in [1.82, 2.24) is 4.73 Å². The lowest BCUT2D eigenvalue weighted by Crippen LogP contribution is -2.06. The van der Waals surface area contributed by atoms with E-state index in [4.69, 9.17) is 15.4 Å². The summed E-state index contributed by atoms with van der Waals surface area (Å²) in [5.74, 6) is 0.948. The molecule has 2 N–H and O–H groups in total. The van der Waals surface area contributed by atoms with E-state index < -0.39 is 0 Å². The van der Waals surface area contributed by atoms with Crippen LogP contribution in [0.15, 0.2) is 48.8 Å². The number of rotatable bonds is 2. The molecule has 2 rings (SSSR count). The highest BCUT2D eigenvalue weighted by Crippen LogP contribution is 2.16. The summed E-state index contributed by atoms with van der Waals surface area (Å²) < 4.78 is 6.28. The Balaban J connectivity index is 2.32. The Labute approximate surface area is 86.5 Å². The predicted molar refractivity (Wildman–Crippen MR) is 54.0 cm³/mol. The molecule has 0 spiro atoms. The SMILES string of the molecule is N=c1ccn(O)cc1Oc1ccccc1. The number of hydrogen-bond donors (Lipinski definition) is 2. The first-order valence-corrected chi connectivity index (χ1v) is 4.45. The molecule has 4 nitrogen and oxygen atoms in total. The summed E-state index contributed by atoms with van der Waals surface area (Å²) in [6, 6.07) is 10.6. The zero-order chi connectivity index (χ0) is 10.7. The van der Waals surface area contributed by atoms with Crippen molar-refractivity contribution in [2.45, 2.75) is 0 Å². The Hall–Kier alpha value is -2.23. The van der Waals surface area contributed by atoms with Crippen LogP contribution in [0.1, 0.15) is 0 Å². The van der Waals surface area contributed by atoms with Crippen molar-refractivity contribution in [2.75, 3.05) is 0 Å². The first-order valence-electron chi connectivity index (χ1n) is 4.45. The number of nitrogens with one attached hydrogen (secondary N) is 1. The predicted octanol–water partition coefficient (Wildman–Crippen LogP) is 2.00. The Bertz CT molecular complexity index is 505. The van der Waals surface area contributed by atoms with E-state index >= 15 is 0 Å². The van der Waals surface area contributed by atoms with Gasteiger partial charge in [-0.15, -0.1) is 0 Å². The molecule has 4 heteroatoms. The van der Waals surface area contributed by atoms with Crippen LogP contribution in [0, 0.1) is 5.41 Å². The van der Waals surface area contributed by atoms with Crippen LogP contribution in [0.2, 0.25) is 0 Å².